The molecule has 3 fully saturated rings. The fourth-order valence-corrected chi connectivity index (χ4v) is 3.62. The van der Waals surface area contributed by atoms with E-state index in [0.29, 0.717) is 5.41 Å². The van der Waals surface area contributed by atoms with E-state index in [1.807, 2.05) is 0 Å². The molecule has 3 aliphatic rings. The van der Waals surface area contributed by atoms with Crippen molar-refractivity contribution in [3.63, 3.8) is 0 Å². The molecular weight excluding hydrogens is 134 g/mol. The van der Waals surface area contributed by atoms with Crippen LogP contribution in [0.25, 0.3) is 0 Å². The van der Waals surface area contributed by atoms with Crippen LogP contribution in [0.3, 0.4) is 0 Å². The normalized spacial score (nSPS) is 51.5. The van der Waals surface area contributed by atoms with Crippen molar-refractivity contribution in [1.29, 1.82) is 0 Å². The summed E-state index contributed by atoms with van der Waals surface area (Å²) in [5.74, 6) is 1.02. The van der Waals surface area contributed by atoms with Crippen molar-refractivity contribution in [3.8, 4) is 0 Å². The second-order valence-electron chi connectivity index (χ2n) is 5.06. The zero-order valence-electron chi connectivity index (χ0n) is 7.32. The number of rotatable bonds is 0. The lowest BCUT2D eigenvalue weighted by Crippen LogP contribution is -2.30. The number of hydrogen-bond acceptors (Lipinski definition) is 1. The lowest BCUT2D eigenvalue weighted by atomic mass is 9.74. The Morgan fingerprint density at radius 3 is 2.82 bits per heavy atom. The van der Waals surface area contributed by atoms with Gasteiger partial charge in [-0.15, -0.1) is 0 Å². The van der Waals surface area contributed by atoms with Crippen molar-refractivity contribution in [2.24, 2.45) is 16.7 Å². The van der Waals surface area contributed by atoms with Gasteiger partial charge in [0.05, 0.1) is 0 Å². The van der Waals surface area contributed by atoms with Gasteiger partial charge in [-0.3, -0.25) is 0 Å². The van der Waals surface area contributed by atoms with Gasteiger partial charge in [-0.1, -0.05) is 6.92 Å². The fraction of sp³-hybridized carbons (Fsp3) is 1.00. The van der Waals surface area contributed by atoms with Crippen molar-refractivity contribution in [2.45, 2.75) is 32.6 Å². The zero-order valence-corrected chi connectivity index (χ0v) is 7.32. The van der Waals surface area contributed by atoms with Crippen LogP contribution in [0.15, 0.2) is 0 Å². The third-order valence-corrected chi connectivity index (χ3v) is 4.82. The summed E-state index contributed by atoms with van der Waals surface area (Å²) in [5, 5.41) is 3.56. The molecule has 1 spiro atoms. The first-order chi connectivity index (χ1) is 5.27. The lowest BCUT2D eigenvalue weighted by molar-refractivity contribution is 0.193. The maximum absolute atomic E-state index is 3.56. The number of nitrogens with one attached hydrogen (secondary N) is 1. The van der Waals surface area contributed by atoms with E-state index in [1.54, 1.807) is 0 Å². The molecule has 0 bridgehead atoms. The summed E-state index contributed by atoms with van der Waals surface area (Å²) in [6.07, 6.45) is 6.10. The minimum Gasteiger partial charge on any atom is -0.316 e. The highest BCUT2D eigenvalue weighted by atomic mass is 15.0. The topological polar surface area (TPSA) is 12.0 Å². The van der Waals surface area contributed by atoms with E-state index in [9.17, 15) is 0 Å². The summed E-state index contributed by atoms with van der Waals surface area (Å²) >= 11 is 0. The second kappa shape index (κ2) is 1.66. The largest absolute Gasteiger partial charge is 0.316 e. The molecule has 0 aromatic heterocycles. The van der Waals surface area contributed by atoms with Gasteiger partial charge in [0, 0.05) is 6.54 Å². The Hall–Kier alpha value is -0.0400. The summed E-state index contributed by atoms with van der Waals surface area (Å²) in [5.41, 5.74) is 1.52. The van der Waals surface area contributed by atoms with E-state index in [1.165, 1.54) is 38.8 Å². The van der Waals surface area contributed by atoms with Crippen LogP contribution in [0.2, 0.25) is 0 Å². The average Bonchev–Trinajstić information content (AvgIpc) is 2.62. The van der Waals surface area contributed by atoms with E-state index in [-0.39, 0.29) is 0 Å². The molecule has 1 aliphatic heterocycles. The van der Waals surface area contributed by atoms with Crippen molar-refractivity contribution in [3.05, 3.63) is 0 Å². The molecule has 0 aromatic rings. The SMILES string of the molecule is C[C@]12CNC[C@H]1CCC21CC1. The molecule has 0 aromatic carbocycles. The Morgan fingerprint density at radius 1 is 1.27 bits per heavy atom. The van der Waals surface area contributed by atoms with Gasteiger partial charge in [0.25, 0.3) is 0 Å². The number of fused-ring (bicyclic) bond motifs is 2. The van der Waals surface area contributed by atoms with E-state index in [0.717, 1.165) is 11.3 Å². The maximum Gasteiger partial charge on any atom is 0.00137 e. The summed E-state index contributed by atoms with van der Waals surface area (Å²) in [6.45, 7) is 5.13. The van der Waals surface area contributed by atoms with Gasteiger partial charge in [-0.25, -0.2) is 0 Å². The van der Waals surface area contributed by atoms with Crippen LogP contribution in [-0.4, -0.2) is 13.1 Å². The van der Waals surface area contributed by atoms with Crippen molar-refractivity contribution in [2.75, 3.05) is 13.1 Å². The van der Waals surface area contributed by atoms with E-state index in [2.05, 4.69) is 12.2 Å². The highest BCUT2D eigenvalue weighted by Crippen LogP contribution is 2.70. The molecule has 0 radical (unpaired) electrons. The molecular formula is C10H17N. The van der Waals surface area contributed by atoms with Crippen LogP contribution in [0.4, 0.5) is 0 Å². The highest BCUT2D eigenvalue weighted by molar-refractivity contribution is 5.15. The molecule has 1 N–H and O–H groups in total. The quantitative estimate of drug-likeness (QED) is 0.556. The fourth-order valence-electron chi connectivity index (χ4n) is 3.62. The third-order valence-electron chi connectivity index (χ3n) is 4.82. The summed E-state index contributed by atoms with van der Waals surface area (Å²) in [4.78, 5) is 0. The first kappa shape index (κ1) is 6.47. The Morgan fingerprint density at radius 2 is 2.09 bits per heavy atom. The smallest absolute Gasteiger partial charge is 0.00137 e. The van der Waals surface area contributed by atoms with Crippen LogP contribution in [-0.2, 0) is 0 Å². The Balaban J connectivity index is 2.00. The predicted octanol–water partition coefficient (Wildman–Crippen LogP) is 1.79. The van der Waals surface area contributed by atoms with Gasteiger partial charge in [0.15, 0.2) is 0 Å². The van der Waals surface area contributed by atoms with Gasteiger partial charge in [0.2, 0.25) is 0 Å². The van der Waals surface area contributed by atoms with Gasteiger partial charge >= 0.3 is 0 Å². The summed E-state index contributed by atoms with van der Waals surface area (Å²) in [7, 11) is 0. The molecule has 3 rings (SSSR count). The third kappa shape index (κ3) is 0.581. The van der Waals surface area contributed by atoms with Crippen LogP contribution in [0.1, 0.15) is 32.6 Å². The van der Waals surface area contributed by atoms with Crippen molar-refractivity contribution >= 4 is 0 Å². The first-order valence-electron chi connectivity index (χ1n) is 4.98. The predicted molar refractivity (Wildman–Crippen MR) is 45.4 cm³/mol. The number of hydrogen-bond donors (Lipinski definition) is 1. The van der Waals surface area contributed by atoms with E-state index >= 15 is 0 Å². The van der Waals surface area contributed by atoms with Crippen LogP contribution in [0, 0.1) is 16.7 Å². The second-order valence-corrected chi connectivity index (χ2v) is 5.06. The molecule has 1 heterocycles. The Kier molecular flexibility index (Phi) is 0.976. The molecule has 2 atom stereocenters. The maximum atomic E-state index is 3.56. The molecule has 1 nitrogen and oxygen atoms in total. The van der Waals surface area contributed by atoms with E-state index < -0.39 is 0 Å². The summed E-state index contributed by atoms with van der Waals surface area (Å²) in [6, 6.07) is 0. The standard InChI is InChI=1S/C10H17N/c1-9-7-11-6-8(9)2-3-10(9)4-5-10/h8,11H,2-7H2,1H3/t8-,9+/m1/s1. The van der Waals surface area contributed by atoms with Gasteiger partial charge < -0.3 is 5.32 Å². The molecule has 1 heteroatoms. The molecule has 2 saturated carbocycles. The molecule has 0 amide bonds. The van der Waals surface area contributed by atoms with Gasteiger partial charge in [-0.05, 0) is 49.0 Å². The Labute approximate surface area is 68.6 Å². The van der Waals surface area contributed by atoms with Gasteiger partial charge in [-0.2, -0.15) is 0 Å². The van der Waals surface area contributed by atoms with Crippen LogP contribution >= 0.6 is 0 Å². The molecule has 0 unspecified atom stereocenters. The molecule has 2 aliphatic carbocycles. The molecule has 62 valence electrons. The lowest BCUT2D eigenvalue weighted by Gasteiger charge is -2.30. The average molecular weight is 151 g/mol. The minimum absolute atomic E-state index is 0.701. The molecule has 11 heavy (non-hydrogen) atoms. The first-order valence-corrected chi connectivity index (χ1v) is 4.98. The van der Waals surface area contributed by atoms with Crippen LogP contribution < -0.4 is 5.32 Å². The minimum atomic E-state index is 0.701. The monoisotopic (exact) mass is 151 g/mol. The van der Waals surface area contributed by atoms with Crippen LogP contribution in [0.5, 0.6) is 0 Å². The van der Waals surface area contributed by atoms with Crippen molar-refractivity contribution in [1.82, 2.24) is 5.32 Å². The highest BCUT2D eigenvalue weighted by Gasteiger charge is 2.64. The molecule has 1 saturated heterocycles. The zero-order chi connectivity index (χ0) is 7.53. The Bertz CT molecular complexity index is 195. The van der Waals surface area contributed by atoms with E-state index in [4.69, 9.17) is 0 Å². The summed E-state index contributed by atoms with van der Waals surface area (Å²) < 4.78 is 0. The van der Waals surface area contributed by atoms with Crippen molar-refractivity contribution < 1.29 is 0 Å². The van der Waals surface area contributed by atoms with Gasteiger partial charge in [0.1, 0.15) is 0 Å².